The van der Waals surface area contributed by atoms with Crippen LogP contribution in [0.4, 0.5) is 5.69 Å². The summed E-state index contributed by atoms with van der Waals surface area (Å²) in [4.78, 5) is 3.33. The third-order valence-corrected chi connectivity index (χ3v) is 4.55. The lowest BCUT2D eigenvalue weighted by atomic mass is 10.3. The zero-order valence-corrected chi connectivity index (χ0v) is 14.2. The van der Waals surface area contributed by atoms with E-state index in [1.165, 1.54) is 4.88 Å². The molecule has 2 aromatic rings. The number of hydrogen-bond donors (Lipinski definition) is 2. The molecule has 0 spiro atoms. The lowest BCUT2D eigenvalue weighted by Gasteiger charge is -2.20. The van der Waals surface area contributed by atoms with Gasteiger partial charge in [-0.05, 0) is 41.2 Å². The first-order chi connectivity index (χ1) is 10.0. The Labute approximate surface area is 137 Å². The number of nitrogens with two attached hydrogens (primary N) is 1. The number of nitrogens with zero attached hydrogens (tertiary/aromatic N) is 1. The third kappa shape index (κ3) is 5.67. The number of aliphatic hydroxyl groups excluding tert-OH is 1. The Morgan fingerprint density at radius 3 is 2.90 bits per heavy atom. The molecule has 0 fully saturated rings. The topological polar surface area (TPSA) is 58.7 Å². The Balaban J connectivity index is 1.74. The number of nitrogen functional groups attached to an aromatic ring is 1. The van der Waals surface area contributed by atoms with Gasteiger partial charge in [-0.15, -0.1) is 11.3 Å². The predicted molar refractivity (Wildman–Crippen MR) is 90.7 cm³/mol. The summed E-state index contributed by atoms with van der Waals surface area (Å²) in [7, 11) is 1.98. The van der Waals surface area contributed by atoms with Crippen LogP contribution in [0.2, 0.25) is 0 Å². The summed E-state index contributed by atoms with van der Waals surface area (Å²) in [6, 6.07) is 9.31. The molecule has 1 aromatic heterocycles. The Hall–Kier alpha value is -1.08. The van der Waals surface area contributed by atoms with Crippen molar-refractivity contribution in [1.29, 1.82) is 0 Å². The third-order valence-electron chi connectivity index (χ3n) is 2.87. The van der Waals surface area contributed by atoms with E-state index in [9.17, 15) is 5.11 Å². The molecule has 1 atom stereocenters. The maximum absolute atomic E-state index is 10.0. The molecule has 1 heterocycles. The van der Waals surface area contributed by atoms with Gasteiger partial charge in [0, 0.05) is 39.6 Å². The van der Waals surface area contributed by atoms with Crippen LogP contribution in [0.5, 0.6) is 5.75 Å². The molecule has 0 amide bonds. The van der Waals surface area contributed by atoms with E-state index in [-0.39, 0.29) is 6.61 Å². The van der Waals surface area contributed by atoms with Gasteiger partial charge in [-0.2, -0.15) is 0 Å². The van der Waals surface area contributed by atoms with E-state index in [4.69, 9.17) is 10.5 Å². The Kier molecular flexibility index (Phi) is 6.05. The molecule has 0 aliphatic heterocycles. The molecule has 0 saturated heterocycles. The Morgan fingerprint density at radius 2 is 2.24 bits per heavy atom. The fourth-order valence-electron chi connectivity index (χ4n) is 1.98. The fraction of sp³-hybridized carbons (Fsp3) is 0.333. The molecule has 0 bridgehead atoms. The summed E-state index contributed by atoms with van der Waals surface area (Å²) < 4.78 is 6.64. The van der Waals surface area contributed by atoms with Crippen molar-refractivity contribution in [2.24, 2.45) is 0 Å². The van der Waals surface area contributed by atoms with E-state index >= 15 is 0 Å². The summed E-state index contributed by atoms with van der Waals surface area (Å²) >= 11 is 5.14. The zero-order valence-electron chi connectivity index (χ0n) is 11.8. The van der Waals surface area contributed by atoms with Gasteiger partial charge in [0.25, 0.3) is 0 Å². The zero-order chi connectivity index (χ0) is 15.2. The van der Waals surface area contributed by atoms with Crippen LogP contribution < -0.4 is 10.5 Å². The summed E-state index contributed by atoms with van der Waals surface area (Å²) in [6.07, 6.45) is -0.542. The van der Waals surface area contributed by atoms with Crippen LogP contribution in [-0.2, 0) is 6.54 Å². The maximum Gasteiger partial charge on any atom is 0.121 e. The van der Waals surface area contributed by atoms with Gasteiger partial charge in [-0.25, -0.2) is 0 Å². The lowest BCUT2D eigenvalue weighted by molar-refractivity contribution is 0.0747. The second-order valence-corrected chi connectivity index (χ2v) is 6.88. The number of halogens is 1. The summed E-state index contributed by atoms with van der Waals surface area (Å²) in [5.41, 5.74) is 6.34. The van der Waals surface area contributed by atoms with E-state index in [1.807, 2.05) is 19.2 Å². The molecule has 0 aliphatic rings. The number of aliphatic hydroxyl groups is 1. The van der Waals surface area contributed by atoms with Gasteiger partial charge in [0.05, 0.1) is 0 Å². The molecule has 21 heavy (non-hydrogen) atoms. The number of thiophene rings is 1. The molecule has 1 aromatic carbocycles. The van der Waals surface area contributed by atoms with Gasteiger partial charge >= 0.3 is 0 Å². The van der Waals surface area contributed by atoms with Gasteiger partial charge in [0.2, 0.25) is 0 Å². The second-order valence-electron chi connectivity index (χ2n) is 4.97. The summed E-state index contributed by atoms with van der Waals surface area (Å²) in [6.45, 7) is 1.62. The number of anilines is 1. The van der Waals surface area contributed by atoms with Gasteiger partial charge in [0.1, 0.15) is 18.5 Å². The number of likely N-dealkylation sites (N-methyl/N-ethyl adjacent to an activating group) is 1. The summed E-state index contributed by atoms with van der Waals surface area (Å²) in [5.74, 6) is 0.680. The molecule has 114 valence electrons. The molecule has 6 heteroatoms. The average Bonchev–Trinajstić information content (AvgIpc) is 2.81. The molecule has 0 aliphatic carbocycles. The highest BCUT2D eigenvalue weighted by atomic mass is 79.9. The molecule has 4 nitrogen and oxygen atoms in total. The second kappa shape index (κ2) is 7.79. The molecule has 0 saturated carbocycles. The van der Waals surface area contributed by atoms with Crippen molar-refractivity contribution >= 4 is 33.0 Å². The maximum atomic E-state index is 10.0. The number of ether oxygens (including phenoxy) is 1. The van der Waals surface area contributed by atoms with Crippen LogP contribution in [-0.4, -0.2) is 36.3 Å². The first-order valence-electron chi connectivity index (χ1n) is 6.61. The van der Waals surface area contributed by atoms with Gasteiger partial charge < -0.3 is 15.6 Å². The van der Waals surface area contributed by atoms with E-state index in [2.05, 4.69) is 32.3 Å². The highest BCUT2D eigenvalue weighted by Gasteiger charge is 2.10. The monoisotopic (exact) mass is 370 g/mol. The van der Waals surface area contributed by atoms with Crippen LogP contribution in [0, 0.1) is 0 Å². The molecule has 0 radical (unpaired) electrons. The smallest absolute Gasteiger partial charge is 0.121 e. The SMILES string of the molecule is CN(Cc1cc(Br)cs1)CC(O)COc1cccc(N)c1. The quantitative estimate of drug-likeness (QED) is 0.735. The van der Waals surface area contributed by atoms with Crippen molar-refractivity contribution in [2.45, 2.75) is 12.6 Å². The minimum atomic E-state index is -0.542. The minimum absolute atomic E-state index is 0.252. The fourth-order valence-corrected chi connectivity index (χ4v) is 3.51. The molecule has 1 unspecified atom stereocenters. The van der Waals surface area contributed by atoms with E-state index in [0.29, 0.717) is 18.0 Å². The van der Waals surface area contributed by atoms with Crippen molar-refractivity contribution in [3.63, 3.8) is 0 Å². The summed E-state index contributed by atoms with van der Waals surface area (Å²) in [5, 5.41) is 12.1. The lowest BCUT2D eigenvalue weighted by Crippen LogP contribution is -2.32. The molecular weight excluding hydrogens is 352 g/mol. The average molecular weight is 371 g/mol. The first-order valence-corrected chi connectivity index (χ1v) is 8.28. The van der Waals surface area contributed by atoms with Gasteiger partial charge in [0.15, 0.2) is 0 Å². The van der Waals surface area contributed by atoms with Crippen LogP contribution >= 0.6 is 27.3 Å². The molecular formula is C15H19BrN2O2S. The number of benzene rings is 1. The standard InChI is InChI=1S/C15H19BrN2O2S/c1-18(8-15-5-11(16)10-21-15)7-13(19)9-20-14-4-2-3-12(17)6-14/h2-6,10,13,19H,7-9,17H2,1H3. The van der Waals surface area contributed by atoms with Gasteiger partial charge in [-0.1, -0.05) is 6.07 Å². The normalized spacial score (nSPS) is 12.6. The Bertz CT molecular complexity index is 576. The van der Waals surface area contributed by atoms with Crippen LogP contribution in [0.15, 0.2) is 40.2 Å². The highest BCUT2D eigenvalue weighted by molar-refractivity contribution is 9.10. The van der Waals surface area contributed by atoms with E-state index in [0.717, 1.165) is 11.0 Å². The first kappa shape index (κ1) is 16.3. The largest absolute Gasteiger partial charge is 0.491 e. The van der Waals surface area contributed by atoms with Crippen LogP contribution in [0.25, 0.3) is 0 Å². The minimum Gasteiger partial charge on any atom is -0.491 e. The van der Waals surface area contributed by atoms with Crippen LogP contribution in [0.1, 0.15) is 4.88 Å². The van der Waals surface area contributed by atoms with Crippen molar-refractivity contribution < 1.29 is 9.84 Å². The van der Waals surface area contributed by atoms with Gasteiger partial charge in [-0.3, -0.25) is 4.90 Å². The predicted octanol–water partition coefficient (Wildman–Crippen LogP) is 2.96. The number of rotatable bonds is 7. The van der Waals surface area contributed by atoms with Crippen molar-refractivity contribution in [2.75, 3.05) is 25.9 Å². The highest BCUT2D eigenvalue weighted by Crippen LogP contribution is 2.21. The van der Waals surface area contributed by atoms with Crippen LogP contribution in [0.3, 0.4) is 0 Å². The molecule has 2 rings (SSSR count). The Morgan fingerprint density at radius 1 is 1.43 bits per heavy atom. The van der Waals surface area contributed by atoms with Crippen molar-refractivity contribution in [3.8, 4) is 5.75 Å². The number of hydrogen-bond acceptors (Lipinski definition) is 5. The van der Waals surface area contributed by atoms with E-state index in [1.54, 1.807) is 23.5 Å². The molecule has 3 N–H and O–H groups in total. The van der Waals surface area contributed by atoms with E-state index < -0.39 is 6.10 Å². The van der Waals surface area contributed by atoms with Crippen molar-refractivity contribution in [3.05, 3.63) is 45.1 Å². The van der Waals surface area contributed by atoms with Crippen molar-refractivity contribution in [1.82, 2.24) is 4.90 Å².